The Bertz CT molecular complexity index is 885. The lowest BCUT2D eigenvalue weighted by molar-refractivity contribution is -0.122. The summed E-state index contributed by atoms with van der Waals surface area (Å²) in [6.45, 7) is 3.32. The first kappa shape index (κ1) is 19.5. The van der Waals surface area contributed by atoms with Gasteiger partial charge >= 0.3 is 0 Å². The maximum absolute atomic E-state index is 12.8. The van der Waals surface area contributed by atoms with Crippen LogP contribution in [0.2, 0.25) is 0 Å². The minimum absolute atomic E-state index is 0.0500. The van der Waals surface area contributed by atoms with Gasteiger partial charge in [0.2, 0.25) is 11.8 Å². The van der Waals surface area contributed by atoms with Crippen LogP contribution in [0.5, 0.6) is 5.75 Å². The predicted octanol–water partition coefficient (Wildman–Crippen LogP) is 4.35. The van der Waals surface area contributed by atoms with Gasteiger partial charge in [-0.05, 0) is 67.6 Å². The average molecular weight is 392 g/mol. The quantitative estimate of drug-likeness (QED) is 0.795. The third-order valence-corrected chi connectivity index (χ3v) is 5.83. The highest BCUT2D eigenvalue weighted by Gasteiger charge is 2.31. The van der Waals surface area contributed by atoms with Crippen molar-refractivity contribution in [2.45, 2.75) is 45.4 Å². The normalized spacial score (nSPS) is 16.0. The van der Waals surface area contributed by atoms with Crippen LogP contribution >= 0.6 is 0 Å². The maximum Gasteiger partial charge on any atom is 0.230 e. The summed E-state index contributed by atoms with van der Waals surface area (Å²) in [4.78, 5) is 27.2. The molecule has 0 spiro atoms. The molecule has 152 valence electrons. The van der Waals surface area contributed by atoms with Gasteiger partial charge in [0, 0.05) is 23.8 Å². The molecule has 1 N–H and O–H groups in total. The van der Waals surface area contributed by atoms with E-state index in [1.165, 1.54) is 0 Å². The number of nitrogens with one attached hydrogen (secondary N) is 1. The van der Waals surface area contributed by atoms with Crippen molar-refractivity contribution in [2.24, 2.45) is 5.92 Å². The molecule has 0 atom stereocenters. The number of benzene rings is 2. The lowest BCUT2D eigenvalue weighted by Gasteiger charge is -2.21. The number of carbonyl (C=O) groups is 2. The standard InChI is InChI=1S/C24H28N2O3/c1-2-29-21-10-7-17(8-11-21)15-23(27)25-20-9-12-22-19(16-20)13-14-26(22)24(28)18-5-3-4-6-18/h7-12,16,18H,2-6,13-15H2,1H3,(H,25,27). The first-order valence-electron chi connectivity index (χ1n) is 10.6. The lowest BCUT2D eigenvalue weighted by atomic mass is 10.1. The second-order valence-corrected chi connectivity index (χ2v) is 7.87. The maximum atomic E-state index is 12.8. The van der Waals surface area contributed by atoms with Crippen LogP contribution in [0.1, 0.15) is 43.7 Å². The van der Waals surface area contributed by atoms with Crippen molar-refractivity contribution < 1.29 is 14.3 Å². The molecule has 1 heterocycles. The molecule has 0 bridgehead atoms. The molecule has 0 radical (unpaired) electrons. The van der Waals surface area contributed by atoms with Crippen LogP contribution < -0.4 is 15.0 Å². The molecule has 29 heavy (non-hydrogen) atoms. The van der Waals surface area contributed by atoms with Crippen molar-refractivity contribution in [1.82, 2.24) is 0 Å². The van der Waals surface area contributed by atoms with E-state index in [0.717, 1.165) is 66.9 Å². The number of anilines is 2. The van der Waals surface area contributed by atoms with E-state index in [1.54, 1.807) is 0 Å². The number of hydrogen-bond acceptors (Lipinski definition) is 3. The Morgan fingerprint density at radius 2 is 1.86 bits per heavy atom. The van der Waals surface area contributed by atoms with Gasteiger partial charge < -0.3 is 15.0 Å². The van der Waals surface area contributed by atoms with Gasteiger partial charge in [-0.1, -0.05) is 25.0 Å². The van der Waals surface area contributed by atoms with E-state index >= 15 is 0 Å². The molecule has 5 heteroatoms. The lowest BCUT2D eigenvalue weighted by Crippen LogP contribution is -2.33. The third-order valence-electron chi connectivity index (χ3n) is 5.83. The average Bonchev–Trinajstić information content (AvgIpc) is 3.39. The zero-order chi connectivity index (χ0) is 20.2. The topological polar surface area (TPSA) is 58.6 Å². The Morgan fingerprint density at radius 3 is 2.59 bits per heavy atom. The largest absolute Gasteiger partial charge is 0.494 e. The van der Waals surface area contributed by atoms with Crippen molar-refractivity contribution in [3.05, 3.63) is 53.6 Å². The molecule has 1 aliphatic heterocycles. The number of hydrogen-bond donors (Lipinski definition) is 1. The fourth-order valence-corrected chi connectivity index (χ4v) is 4.36. The van der Waals surface area contributed by atoms with E-state index in [9.17, 15) is 9.59 Å². The Balaban J connectivity index is 1.37. The highest BCUT2D eigenvalue weighted by Crippen LogP contribution is 2.34. The fourth-order valence-electron chi connectivity index (χ4n) is 4.36. The van der Waals surface area contributed by atoms with Gasteiger partial charge in [0.05, 0.1) is 13.0 Å². The summed E-state index contributed by atoms with van der Waals surface area (Å²) in [5, 5.41) is 2.99. The van der Waals surface area contributed by atoms with Gasteiger partial charge in [-0.3, -0.25) is 9.59 Å². The molecule has 5 nitrogen and oxygen atoms in total. The smallest absolute Gasteiger partial charge is 0.230 e. The second kappa shape index (κ2) is 8.68. The minimum Gasteiger partial charge on any atom is -0.494 e. The Morgan fingerprint density at radius 1 is 1.10 bits per heavy atom. The molecule has 0 unspecified atom stereocenters. The molecule has 1 saturated carbocycles. The first-order valence-corrected chi connectivity index (χ1v) is 10.6. The van der Waals surface area contributed by atoms with Crippen molar-refractivity contribution >= 4 is 23.2 Å². The molecule has 2 aliphatic rings. The third kappa shape index (κ3) is 4.44. The zero-order valence-corrected chi connectivity index (χ0v) is 16.9. The molecule has 0 aromatic heterocycles. The molecular weight excluding hydrogens is 364 g/mol. The zero-order valence-electron chi connectivity index (χ0n) is 16.9. The van der Waals surface area contributed by atoms with Gasteiger partial charge in [-0.15, -0.1) is 0 Å². The van der Waals surface area contributed by atoms with Gasteiger partial charge in [0.15, 0.2) is 0 Å². The number of fused-ring (bicyclic) bond motifs is 1. The van der Waals surface area contributed by atoms with E-state index < -0.39 is 0 Å². The molecule has 2 aromatic carbocycles. The van der Waals surface area contributed by atoms with Crippen LogP contribution in [-0.2, 0) is 22.4 Å². The molecule has 2 amide bonds. The fraction of sp³-hybridized carbons (Fsp3) is 0.417. The number of rotatable bonds is 6. The van der Waals surface area contributed by atoms with Crippen LogP contribution in [0.3, 0.4) is 0 Å². The van der Waals surface area contributed by atoms with Gasteiger partial charge in [0.1, 0.15) is 5.75 Å². The van der Waals surface area contributed by atoms with E-state index in [-0.39, 0.29) is 17.7 Å². The minimum atomic E-state index is -0.0500. The summed E-state index contributed by atoms with van der Waals surface area (Å²) in [5.74, 6) is 1.22. The molecule has 1 aliphatic carbocycles. The highest BCUT2D eigenvalue weighted by molar-refractivity contribution is 5.98. The summed E-state index contributed by atoms with van der Waals surface area (Å²) < 4.78 is 5.43. The van der Waals surface area contributed by atoms with Gasteiger partial charge in [0.25, 0.3) is 0 Å². The van der Waals surface area contributed by atoms with E-state index in [0.29, 0.717) is 13.0 Å². The molecule has 1 fully saturated rings. The molecule has 0 saturated heterocycles. The number of nitrogens with zero attached hydrogens (tertiary/aromatic N) is 1. The van der Waals surface area contributed by atoms with E-state index in [1.807, 2.05) is 54.3 Å². The van der Waals surface area contributed by atoms with Crippen LogP contribution in [-0.4, -0.2) is 25.0 Å². The van der Waals surface area contributed by atoms with Crippen molar-refractivity contribution in [3.8, 4) is 5.75 Å². The predicted molar refractivity (Wildman–Crippen MR) is 114 cm³/mol. The van der Waals surface area contributed by atoms with E-state index in [4.69, 9.17) is 4.74 Å². The van der Waals surface area contributed by atoms with Crippen LogP contribution in [0.25, 0.3) is 0 Å². The Labute approximate surface area is 172 Å². The number of ether oxygens (including phenoxy) is 1. The molecule has 2 aromatic rings. The second-order valence-electron chi connectivity index (χ2n) is 7.87. The van der Waals surface area contributed by atoms with E-state index in [2.05, 4.69) is 5.32 Å². The van der Waals surface area contributed by atoms with Gasteiger partial charge in [-0.2, -0.15) is 0 Å². The van der Waals surface area contributed by atoms with Gasteiger partial charge in [-0.25, -0.2) is 0 Å². The van der Waals surface area contributed by atoms with Crippen molar-refractivity contribution in [1.29, 1.82) is 0 Å². The summed E-state index contributed by atoms with van der Waals surface area (Å²) in [6, 6.07) is 13.5. The monoisotopic (exact) mass is 392 g/mol. The van der Waals surface area contributed by atoms with Crippen LogP contribution in [0, 0.1) is 5.92 Å². The van der Waals surface area contributed by atoms with Crippen molar-refractivity contribution in [2.75, 3.05) is 23.4 Å². The number of carbonyl (C=O) groups excluding carboxylic acids is 2. The SMILES string of the molecule is CCOc1ccc(CC(=O)Nc2ccc3c(c2)CCN3C(=O)C2CCCC2)cc1. The Kier molecular flexibility index (Phi) is 5.84. The van der Waals surface area contributed by atoms with Crippen LogP contribution in [0.4, 0.5) is 11.4 Å². The number of amides is 2. The summed E-state index contributed by atoms with van der Waals surface area (Å²) in [5.41, 5.74) is 3.87. The molecule has 4 rings (SSSR count). The summed E-state index contributed by atoms with van der Waals surface area (Å²) in [6.07, 6.45) is 5.52. The Hall–Kier alpha value is -2.82. The molecular formula is C24H28N2O3. The first-order chi connectivity index (χ1) is 14.1. The summed E-state index contributed by atoms with van der Waals surface area (Å²) >= 11 is 0. The highest BCUT2D eigenvalue weighted by atomic mass is 16.5. The summed E-state index contributed by atoms with van der Waals surface area (Å²) in [7, 11) is 0. The van der Waals surface area contributed by atoms with Crippen LogP contribution in [0.15, 0.2) is 42.5 Å². The van der Waals surface area contributed by atoms with Crippen molar-refractivity contribution in [3.63, 3.8) is 0 Å².